The van der Waals surface area contributed by atoms with Gasteiger partial charge in [0.1, 0.15) is 0 Å². The van der Waals surface area contributed by atoms with Crippen LogP contribution in [0.5, 0.6) is 0 Å². The fourth-order valence-electron chi connectivity index (χ4n) is 0.934. The minimum atomic E-state index is -0.416. The molecule has 1 aromatic rings. The fourth-order valence-corrected chi connectivity index (χ4v) is 1.02. The van der Waals surface area contributed by atoms with Crippen LogP contribution < -0.4 is 0 Å². The first-order valence-corrected chi connectivity index (χ1v) is 4.16. The van der Waals surface area contributed by atoms with Crippen molar-refractivity contribution in [1.82, 2.24) is 0 Å². The molecule has 0 aliphatic carbocycles. The van der Waals surface area contributed by atoms with Gasteiger partial charge >= 0.3 is 0 Å². The molecule has 0 radical (unpaired) electrons. The molecule has 13 heavy (non-hydrogen) atoms. The zero-order valence-corrected chi connectivity index (χ0v) is 7.57. The highest BCUT2D eigenvalue weighted by Gasteiger charge is 2.02. The molecule has 68 valence electrons. The second kappa shape index (κ2) is 4.62. The summed E-state index contributed by atoms with van der Waals surface area (Å²) in [6.07, 6.45) is 2.48. The molecule has 0 atom stereocenters. The lowest BCUT2D eigenvalue weighted by molar-refractivity contribution is -0.384. The van der Waals surface area contributed by atoms with Crippen molar-refractivity contribution in [2.24, 2.45) is 0 Å². The summed E-state index contributed by atoms with van der Waals surface area (Å²) in [5, 5.41) is 10.3. The number of hydrogen-bond donors (Lipinski definition) is 0. The van der Waals surface area contributed by atoms with Crippen LogP contribution in [0.3, 0.4) is 0 Å². The molecule has 1 aromatic carbocycles. The van der Waals surface area contributed by atoms with Gasteiger partial charge in [-0.3, -0.25) is 10.1 Å². The highest BCUT2D eigenvalue weighted by molar-refractivity contribution is 6.25. The van der Waals surface area contributed by atoms with Crippen molar-refractivity contribution in [3.63, 3.8) is 0 Å². The lowest BCUT2D eigenvalue weighted by Gasteiger charge is -1.94. The van der Waals surface area contributed by atoms with Crippen molar-refractivity contribution in [3.05, 3.63) is 51.6 Å². The molecule has 0 saturated carbocycles. The Morgan fingerprint density at radius 2 is 2.00 bits per heavy atom. The Labute approximate surface area is 80.8 Å². The van der Waals surface area contributed by atoms with E-state index in [4.69, 9.17) is 11.6 Å². The minimum Gasteiger partial charge on any atom is -0.258 e. The van der Waals surface area contributed by atoms with Crippen LogP contribution in [-0.4, -0.2) is 4.92 Å². The van der Waals surface area contributed by atoms with E-state index in [1.165, 1.54) is 17.7 Å². The molecule has 0 bridgehead atoms. The normalized spacial score (nSPS) is 10.5. The van der Waals surface area contributed by atoms with Crippen molar-refractivity contribution in [1.29, 1.82) is 0 Å². The van der Waals surface area contributed by atoms with Crippen LogP contribution in [0.4, 0.5) is 5.69 Å². The Bertz CT molecular complexity index is 319. The predicted molar refractivity (Wildman–Crippen MR) is 51.8 cm³/mol. The highest BCUT2D eigenvalue weighted by Crippen LogP contribution is 2.12. The van der Waals surface area contributed by atoms with E-state index in [1.54, 1.807) is 18.2 Å². The topological polar surface area (TPSA) is 43.1 Å². The largest absolute Gasteiger partial charge is 0.269 e. The van der Waals surface area contributed by atoms with Gasteiger partial charge in [0.05, 0.1) is 4.92 Å². The summed E-state index contributed by atoms with van der Waals surface area (Å²) in [6.45, 7) is 0. The summed E-state index contributed by atoms with van der Waals surface area (Å²) in [5.41, 5.74) is 2.54. The second-order valence-corrected chi connectivity index (χ2v) is 2.74. The average molecular weight is 198 g/mol. The number of halogens is 1. The maximum atomic E-state index is 10.3. The molecule has 0 aliphatic rings. The number of allylic oxidation sites excluding steroid dienone is 1. The van der Waals surface area contributed by atoms with Crippen molar-refractivity contribution >= 4 is 17.3 Å². The molecule has 0 amide bonds. The van der Waals surface area contributed by atoms with Crippen molar-refractivity contribution < 1.29 is 4.92 Å². The molecular formula is C9H8ClNO2. The number of hydrogen-bond acceptors (Lipinski definition) is 2. The van der Waals surface area contributed by atoms with E-state index < -0.39 is 4.92 Å². The zero-order chi connectivity index (χ0) is 9.68. The van der Waals surface area contributed by atoms with Crippen LogP contribution in [0.25, 0.3) is 0 Å². The monoisotopic (exact) mass is 197 g/mol. The van der Waals surface area contributed by atoms with Gasteiger partial charge in [0.15, 0.2) is 0 Å². The van der Waals surface area contributed by atoms with E-state index in [0.29, 0.717) is 6.42 Å². The van der Waals surface area contributed by atoms with E-state index in [-0.39, 0.29) is 5.69 Å². The Morgan fingerprint density at radius 1 is 1.38 bits per heavy atom. The molecule has 0 spiro atoms. The number of rotatable bonds is 3. The summed E-state index contributed by atoms with van der Waals surface area (Å²) in [7, 11) is 0. The molecular weight excluding hydrogens is 190 g/mol. The van der Waals surface area contributed by atoms with E-state index in [0.717, 1.165) is 5.56 Å². The summed E-state index contributed by atoms with van der Waals surface area (Å²) in [4.78, 5) is 9.88. The zero-order valence-electron chi connectivity index (χ0n) is 6.81. The molecule has 0 unspecified atom stereocenters. The van der Waals surface area contributed by atoms with Crippen molar-refractivity contribution in [2.75, 3.05) is 0 Å². The lowest BCUT2D eigenvalue weighted by Crippen LogP contribution is -1.88. The first-order valence-electron chi connectivity index (χ1n) is 3.72. The van der Waals surface area contributed by atoms with Gasteiger partial charge in [0.2, 0.25) is 0 Å². The van der Waals surface area contributed by atoms with Gasteiger partial charge in [-0.05, 0) is 12.0 Å². The molecule has 0 heterocycles. The second-order valence-electron chi connectivity index (χ2n) is 2.49. The SMILES string of the molecule is O=[N+]([O-])c1ccc(C/C=C\Cl)cc1. The van der Waals surface area contributed by atoms with Gasteiger partial charge in [0.25, 0.3) is 5.69 Å². The smallest absolute Gasteiger partial charge is 0.258 e. The van der Waals surface area contributed by atoms with E-state index in [9.17, 15) is 10.1 Å². The molecule has 0 N–H and O–H groups in total. The van der Waals surface area contributed by atoms with E-state index >= 15 is 0 Å². The van der Waals surface area contributed by atoms with Crippen molar-refractivity contribution in [2.45, 2.75) is 6.42 Å². The van der Waals surface area contributed by atoms with Gasteiger partial charge in [-0.2, -0.15) is 0 Å². The van der Waals surface area contributed by atoms with Crippen LogP contribution in [0.15, 0.2) is 35.9 Å². The average Bonchev–Trinajstić information content (AvgIpc) is 2.15. The number of nitro benzene ring substituents is 1. The van der Waals surface area contributed by atoms with E-state index in [2.05, 4.69) is 0 Å². The first kappa shape index (κ1) is 9.74. The van der Waals surface area contributed by atoms with Gasteiger partial charge in [-0.15, -0.1) is 0 Å². The molecule has 0 aliphatic heterocycles. The Balaban J connectivity index is 2.75. The minimum absolute atomic E-state index is 0.110. The molecule has 1 rings (SSSR count). The highest BCUT2D eigenvalue weighted by atomic mass is 35.5. The van der Waals surface area contributed by atoms with Gasteiger partial charge in [-0.1, -0.05) is 29.8 Å². The Morgan fingerprint density at radius 3 is 2.46 bits per heavy atom. The van der Waals surface area contributed by atoms with Gasteiger partial charge in [-0.25, -0.2) is 0 Å². The third-order valence-electron chi connectivity index (χ3n) is 1.59. The molecule has 0 saturated heterocycles. The summed E-state index contributed by atoms with van der Waals surface area (Å²) < 4.78 is 0. The third-order valence-corrected chi connectivity index (χ3v) is 1.77. The number of non-ortho nitro benzene ring substituents is 1. The standard InChI is InChI=1S/C9H8ClNO2/c10-7-1-2-8-3-5-9(6-4-8)11(12)13/h1,3-7H,2H2/b7-1-. The van der Waals surface area contributed by atoms with Crippen LogP contribution >= 0.6 is 11.6 Å². The number of nitro groups is 1. The van der Waals surface area contributed by atoms with Crippen LogP contribution in [0, 0.1) is 10.1 Å². The van der Waals surface area contributed by atoms with Crippen LogP contribution in [0.1, 0.15) is 5.56 Å². The lowest BCUT2D eigenvalue weighted by atomic mass is 10.1. The quantitative estimate of drug-likeness (QED) is 0.552. The fraction of sp³-hybridized carbons (Fsp3) is 0.111. The molecule has 0 fully saturated rings. The van der Waals surface area contributed by atoms with Crippen LogP contribution in [-0.2, 0) is 6.42 Å². The maximum absolute atomic E-state index is 10.3. The van der Waals surface area contributed by atoms with Crippen molar-refractivity contribution in [3.8, 4) is 0 Å². The predicted octanol–water partition coefficient (Wildman–Crippen LogP) is 2.89. The van der Waals surface area contributed by atoms with Gasteiger partial charge < -0.3 is 0 Å². The van der Waals surface area contributed by atoms with E-state index in [1.807, 2.05) is 0 Å². The first-order chi connectivity index (χ1) is 6.24. The Hall–Kier alpha value is -1.35. The van der Waals surface area contributed by atoms with Crippen LogP contribution in [0.2, 0.25) is 0 Å². The summed E-state index contributed by atoms with van der Waals surface area (Å²) >= 11 is 5.34. The summed E-state index contributed by atoms with van der Waals surface area (Å²) in [5.74, 6) is 0. The molecule has 0 aromatic heterocycles. The van der Waals surface area contributed by atoms with Gasteiger partial charge in [0, 0.05) is 17.7 Å². The number of benzene rings is 1. The number of nitrogens with zero attached hydrogens (tertiary/aromatic N) is 1. The maximum Gasteiger partial charge on any atom is 0.269 e. The molecule has 4 heteroatoms. The molecule has 3 nitrogen and oxygen atoms in total. The third kappa shape index (κ3) is 2.87. The summed E-state index contributed by atoms with van der Waals surface area (Å²) in [6, 6.07) is 6.40. The Kier molecular flexibility index (Phi) is 3.46.